The van der Waals surface area contributed by atoms with E-state index in [-0.39, 0.29) is 0 Å². The van der Waals surface area contributed by atoms with E-state index in [1.165, 1.54) is 0 Å². The van der Waals surface area contributed by atoms with Gasteiger partial charge in [-0.25, -0.2) is 4.79 Å². The largest absolute Gasteiger partial charge is 0.480 e. The van der Waals surface area contributed by atoms with Crippen molar-refractivity contribution in [2.75, 3.05) is 6.54 Å². The lowest BCUT2D eigenvalue weighted by Gasteiger charge is -2.33. The molecule has 1 atom stereocenters. The Kier molecular flexibility index (Phi) is 6.64. The average Bonchev–Trinajstić information content (AvgIpc) is 2.98. The lowest BCUT2D eigenvalue weighted by molar-refractivity contribution is -0.139. The van der Waals surface area contributed by atoms with Gasteiger partial charge in [-0.2, -0.15) is 0 Å². The number of alkyl carbamates (subject to hydrolysis) is 1. The summed E-state index contributed by atoms with van der Waals surface area (Å²) in [5.74, 6) is -0.890. The summed E-state index contributed by atoms with van der Waals surface area (Å²) < 4.78 is 5.38. The number of hydrogen-bond donors (Lipinski definition) is 3. The smallest absolute Gasteiger partial charge is 0.408 e. The third kappa shape index (κ3) is 6.33. The number of carboxylic acids is 1. The van der Waals surface area contributed by atoms with Gasteiger partial charge in [0, 0.05) is 6.54 Å². The Labute approximate surface area is 155 Å². The quantitative estimate of drug-likeness (QED) is 0.694. The number of carbonyl (C=O) groups excluding carboxylic acids is 1. The van der Waals surface area contributed by atoms with Gasteiger partial charge in [0.05, 0.1) is 5.54 Å². The predicted molar refractivity (Wildman–Crippen MR) is 100 cm³/mol. The SMILES string of the molecule is CC(C)(C)OC(=O)NC1(CNC(Cc2ccccc2)C(=O)O)CCCC1. The van der Waals surface area contributed by atoms with Crippen LogP contribution < -0.4 is 10.6 Å². The lowest BCUT2D eigenvalue weighted by atomic mass is 9.96. The van der Waals surface area contributed by atoms with Gasteiger partial charge < -0.3 is 20.5 Å². The van der Waals surface area contributed by atoms with Crippen LogP contribution in [0, 0.1) is 0 Å². The molecule has 0 bridgehead atoms. The van der Waals surface area contributed by atoms with Crippen LogP contribution in [0.4, 0.5) is 4.79 Å². The summed E-state index contributed by atoms with van der Waals surface area (Å²) in [6, 6.07) is 8.85. The second-order valence-corrected chi connectivity index (χ2v) is 8.08. The molecule has 1 aromatic carbocycles. The van der Waals surface area contributed by atoms with Crippen LogP contribution in [0.5, 0.6) is 0 Å². The van der Waals surface area contributed by atoms with Crippen molar-refractivity contribution in [1.82, 2.24) is 10.6 Å². The molecule has 144 valence electrons. The Hall–Kier alpha value is -2.08. The molecular formula is C20H30N2O4. The van der Waals surface area contributed by atoms with E-state index in [1.807, 2.05) is 51.1 Å². The van der Waals surface area contributed by atoms with E-state index in [0.717, 1.165) is 31.2 Å². The van der Waals surface area contributed by atoms with Gasteiger partial charge in [-0.05, 0) is 45.6 Å². The number of carbonyl (C=O) groups is 2. The second-order valence-electron chi connectivity index (χ2n) is 8.08. The molecule has 1 amide bonds. The van der Waals surface area contributed by atoms with Crippen molar-refractivity contribution >= 4 is 12.1 Å². The van der Waals surface area contributed by atoms with Crippen molar-refractivity contribution in [3.05, 3.63) is 35.9 Å². The van der Waals surface area contributed by atoms with Crippen molar-refractivity contribution in [2.24, 2.45) is 0 Å². The summed E-state index contributed by atoms with van der Waals surface area (Å²) in [5.41, 5.74) is -0.0472. The standard InChI is InChI=1S/C20H30N2O4/c1-19(2,3)26-18(25)22-20(11-7-8-12-20)14-21-16(17(23)24)13-15-9-5-4-6-10-15/h4-6,9-10,16,21H,7-8,11-14H2,1-3H3,(H,22,25)(H,23,24). The molecule has 26 heavy (non-hydrogen) atoms. The van der Waals surface area contributed by atoms with Gasteiger partial charge in [-0.1, -0.05) is 43.2 Å². The van der Waals surface area contributed by atoms with Gasteiger partial charge in [-0.15, -0.1) is 0 Å². The Morgan fingerprint density at radius 2 is 1.81 bits per heavy atom. The predicted octanol–water partition coefficient (Wildman–Crippen LogP) is 3.11. The third-order valence-electron chi connectivity index (χ3n) is 4.59. The molecule has 1 unspecified atom stereocenters. The molecule has 1 aliphatic rings. The lowest BCUT2D eigenvalue weighted by Crippen LogP contribution is -2.56. The Bertz CT molecular complexity index is 604. The van der Waals surface area contributed by atoms with Crippen molar-refractivity contribution in [3.63, 3.8) is 0 Å². The van der Waals surface area contributed by atoms with Crippen LogP contribution in [-0.4, -0.2) is 40.9 Å². The summed E-state index contributed by atoms with van der Waals surface area (Å²) in [4.78, 5) is 23.9. The summed E-state index contributed by atoms with van der Waals surface area (Å²) in [6.45, 7) is 5.89. The number of ether oxygens (including phenoxy) is 1. The third-order valence-corrected chi connectivity index (χ3v) is 4.59. The minimum atomic E-state index is -0.890. The first kappa shape index (κ1) is 20.2. The molecule has 1 aromatic rings. The molecule has 0 aliphatic heterocycles. The molecule has 0 spiro atoms. The fourth-order valence-corrected chi connectivity index (χ4v) is 3.33. The number of amides is 1. The Morgan fingerprint density at radius 3 is 2.35 bits per heavy atom. The zero-order chi connectivity index (χ0) is 19.2. The first-order valence-corrected chi connectivity index (χ1v) is 9.20. The van der Waals surface area contributed by atoms with Gasteiger partial charge in [0.1, 0.15) is 11.6 Å². The fraction of sp³-hybridized carbons (Fsp3) is 0.600. The van der Waals surface area contributed by atoms with E-state index in [1.54, 1.807) is 0 Å². The fourth-order valence-electron chi connectivity index (χ4n) is 3.33. The number of aliphatic carboxylic acids is 1. The number of hydrogen-bond acceptors (Lipinski definition) is 4. The summed E-state index contributed by atoms with van der Waals surface area (Å²) in [6.07, 6.45) is 3.60. The normalized spacial score (nSPS) is 17.5. The molecular weight excluding hydrogens is 332 g/mol. The number of nitrogens with one attached hydrogen (secondary N) is 2. The highest BCUT2D eigenvalue weighted by molar-refractivity contribution is 5.74. The van der Waals surface area contributed by atoms with Gasteiger partial charge in [0.2, 0.25) is 0 Å². The number of rotatable bonds is 7. The summed E-state index contributed by atoms with van der Waals surface area (Å²) >= 11 is 0. The van der Waals surface area contributed by atoms with E-state index in [4.69, 9.17) is 4.74 Å². The van der Waals surface area contributed by atoms with Crippen molar-refractivity contribution < 1.29 is 19.4 Å². The molecule has 1 saturated carbocycles. The maximum Gasteiger partial charge on any atom is 0.408 e. The van der Waals surface area contributed by atoms with Gasteiger partial charge in [0.15, 0.2) is 0 Å². The van der Waals surface area contributed by atoms with E-state index >= 15 is 0 Å². The molecule has 6 heteroatoms. The molecule has 3 N–H and O–H groups in total. The maximum absolute atomic E-state index is 12.2. The molecule has 0 saturated heterocycles. The molecule has 2 rings (SSSR count). The topological polar surface area (TPSA) is 87.7 Å². The molecule has 0 aromatic heterocycles. The second kappa shape index (κ2) is 8.54. The number of benzene rings is 1. The van der Waals surface area contributed by atoms with Crippen LogP contribution in [0.15, 0.2) is 30.3 Å². The Balaban J connectivity index is 1.99. The minimum absolute atomic E-state index is 0.401. The highest BCUT2D eigenvalue weighted by atomic mass is 16.6. The first-order valence-electron chi connectivity index (χ1n) is 9.20. The van der Waals surface area contributed by atoms with E-state index < -0.39 is 29.2 Å². The van der Waals surface area contributed by atoms with Crippen LogP contribution in [-0.2, 0) is 16.0 Å². The van der Waals surface area contributed by atoms with Crippen LogP contribution in [0.2, 0.25) is 0 Å². The van der Waals surface area contributed by atoms with E-state index in [9.17, 15) is 14.7 Å². The molecule has 1 fully saturated rings. The van der Waals surface area contributed by atoms with Crippen molar-refractivity contribution in [2.45, 2.75) is 70.1 Å². The Morgan fingerprint density at radius 1 is 1.19 bits per heavy atom. The van der Waals surface area contributed by atoms with Crippen molar-refractivity contribution in [3.8, 4) is 0 Å². The molecule has 6 nitrogen and oxygen atoms in total. The molecule has 0 radical (unpaired) electrons. The monoisotopic (exact) mass is 362 g/mol. The molecule has 0 heterocycles. The van der Waals surface area contributed by atoms with Crippen LogP contribution in [0.3, 0.4) is 0 Å². The van der Waals surface area contributed by atoms with Crippen molar-refractivity contribution in [1.29, 1.82) is 0 Å². The van der Waals surface area contributed by atoms with Gasteiger partial charge in [-0.3, -0.25) is 4.79 Å². The van der Waals surface area contributed by atoms with E-state index in [2.05, 4.69) is 10.6 Å². The highest BCUT2D eigenvalue weighted by Gasteiger charge is 2.37. The van der Waals surface area contributed by atoms with Crippen LogP contribution in [0.25, 0.3) is 0 Å². The van der Waals surface area contributed by atoms with Gasteiger partial charge in [0.25, 0.3) is 0 Å². The van der Waals surface area contributed by atoms with E-state index in [0.29, 0.717) is 13.0 Å². The zero-order valence-corrected chi connectivity index (χ0v) is 15.9. The zero-order valence-electron chi connectivity index (χ0n) is 15.9. The van der Waals surface area contributed by atoms with Crippen LogP contribution in [0.1, 0.15) is 52.0 Å². The average molecular weight is 362 g/mol. The highest BCUT2D eigenvalue weighted by Crippen LogP contribution is 2.29. The summed E-state index contributed by atoms with van der Waals surface area (Å²) in [7, 11) is 0. The number of carboxylic acid groups (broad SMARTS) is 1. The van der Waals surface area contributed by atoms with Gasteiger partial charge >= 0.3 is 12.1 Å². The first-order chi connectivity index (χ1) is 12.2. The minimum Gasteiger partial charge on any atom is -0.480 e. The summed E-state index contributed by atoms with van der Waals surface area (Å²) in [5, 5.41) is 15.7. The van der Waals surface area contributed by atoms with Crippen LogP contribution >= 0.6 is 0 Å². The molecule has 1 aliphatic carbocycles. The maximum atomic E-state index is 12.2.